The lowest BCUT2D eigenvalue weighted by molar-refractivity contribution is 0.754. The van der Waals surface area contributed by atoms with Crippen molar-refractivity contribution in [2.24, 2.45) is 0 Å². The summed E-state index contributed by atoms with van der Waals surface area (Å²) in [4.78, 5) is 25.7. The standard InChI is InChI=1S/C57H36N6/c1-4-16-35(17-5-1)54-58-48(34-51(59-54)63-49-26-14-12-22-40(49)41-23-13-15-27-50(41)63)38-28-30-44-46(32-38)52-42-24-10-11-25-43(42)53(44)47-33-39(29-31-45(47)52)57-61-55(36-18-6-2-7-19-36)60-56(62-57)37-20-8-3-9-21-37/h1-34,52-53H. The maximum Gasteiger partial charge on any atom is 0.164 e. The number of benzene rings is 8. The Hall–Kier alpha value is -8.35. The zero-order chi connectivity index (χ0) is 41.4. The summed E-state index contributed by atoms with van der Waals surface area (Å²) in [5.74, 6) is 3.60. The van der Waals surface area contributed by atoms with Crippen LogP contribution in [0.5, 0.6) is 0 Å². The third-order valence-corrected chi connectivity index (χ3v) is 12.8. The summed E-state index contributed by atoms with van der Waals surface area (Å²) >= 11 is 0. The van der Waals surface area contributed by atoms with Crippen molar-refractivity contribution in [1.29, 1.82) is 0 Å². The average molecular weight is 805 g/mol. The fraction of sp³-hybridized carbons (Fsp3) is 0.0351. The van der Waals surface area contributed by atoms with Crippen molar-refractivity contribution in [2.75, 3.05) is 0 Å². The van der Waals surface area contributed by atoms with E-state index in [1.165, 1.54) is 44.2 Å². The number of nitrogens with zero attached hydrogens (tertiary/aromatic N) is 6. The van der Waals surface area contributed by atoms with Crippen molar-refractivity contribution in [3.63, 3.8) is 0 Å². The molecule has 8 aromatic carbocycles. The summed E-state index contributed by atoms with van der Waals surface area (Å²) in [5, 5.41) is 2.40. The Morgan fingerprint density at radius 2 is 0.683 bits per heavy atom. The van der Waals surface area contributed by atoms with E-state index in [1.807, 2.05) is 54.6 Å². The van der Waals surface area contributed by atoms with Crippen LogP contribution in [0.4, 0.5) is 0 Å². The summed E-state index contributed by atoms with van der Waals surface area (Å²) in [7, 11) is 0. The largest absolute Gasteiger partial charge is 0.294 e. The van der Waals surface area contributed by atoms with Crippen molar-refractivity contribution in [1.82, 2.24) is 29.5 Å². The van der Waals surface area contributed by atoms with Crippen molar-refractivity contribution in [2.45, 2.75) is 11.8 Å². The van der Waals surface area contributed by atoms with Crippen LogP contribution < -0.4 is 0 Å². The molecule has 11 aromatic rings. The molecule has 14 rings (SSSR count). The van der Waals surface area contributed by atoms with Crippen molar-refractivity contribution in [3.05, 3.63) is 240 Å². The third kappa shape index (κ3) is 5.69. The molecule has 2 bridgehead atoms. The van der Waals surface area contributed by atoms with E-state index in [2.05, 4.69) is 156 Å². The second-order valence-corrected chi connectivity index (χ2v) is 16.4. The number of rotatable bonds is 6. The molecule has 0 amide bonds. The van der Waals surface area contributed by atoms with E-state index in [9.17, 15) is 0 Å². The van der Waals surface area contributed by atoms with Gasteiger partial charge in [0, 0.05) is 56.5 Å². The number of fused-ring (bicyclic) bond motifs is 3. The number of aromatic nitrogens is 6. The zero-order valence-electron chi connectivity index (χ0n) is 34.0. The molecule has 3 heterocycles. The Labute approximate surface area is 363 Å². The molecule has 3 aliphatic rings. The van der Waals surface area contributed by atoms with Crippen LogP contribution in [-0.4, -0.2) is 29.5 Å². The van der Waals surface area contributed by atoms with Gasteiger partial charge in [-0.1, -0.05) is 176 Å². The van der Waals surface area contributed by atoms with E-state index in [0.717, 1.165) is 50.4 Å². The molecule has 0 fully saturated rings. The van der Waals surface area contributed by atoms with E-state index in [1.54, 1.807) is 0 Å². The van der Waals surface area contributed by atoms with Gasteiger partial charge in [-0.05, 0) is 57.6 Å². The first-order chi connectivity index (χ1) is 31.2. The van der Waals surface area contributed by atoms with Crippen molar-refractivity contribution >= 4 is 21.8 Å². The second-order valence-electron chi connectivity index (χ2n) is 16.4. The topological polar surface area (TPSA) is 69.4 Å². The summed E-state index contributed by atoms with van der Waals surface area (Å²) in [5.41, 5.74) is 16.0. The molecular formula is C57H36N6. The third-order valence-electron chi connectivity index (χ3n) is 12.8. The molecular weight excluding hydrogens is 769 g/mol. The highest BCUT2D eigenvalue weighted by atomic mass is 15.1. The molecule has 0 N–H and O–H groups in total. The molecule has 3 aromatic heterocycles. The van der Waals surface area contributed by atoms with E-state index in [4.69, 9.17) is 24.9 Å². The van der Waals surface area contributed by atoms with Gasteiger partial charge in [-0.25, -0.2) is 24.9 Å². The van der Waals surface area contributed by atoms with Crippen LogP contribution >= 0.6 is 0 Å². The maximum atomic E-state index is 5.30. The maximum absolute atomic E-state index is 5.30. The van der Waals surface area contributed by atoms with E-state index < -0.39 is 0 Å². The first-order valence-electron chi connectivity index (χ1n) is 21.4. The molecule has 2 atom stereocenters. The molecule has 294 valence electrons. The predicted octanol–water partition coefficient (Wildman–Crippen LogP) is 13.1. The number of hydrogen-bond acceptors (Lipinski definition) is 5. The fourth-order valence-electron chi connectivity index (χ4n) is 10.0. The van der Waals surface area contributed by atoms with E-state index >= 15 is 0 Å². The van der Waals surface area contributed by atoms with Crippen LogP contribution in [0.15, 0.2) is 206 Å². The van der Waals surface area contributed by atoms with Crippen LogP contribution in [0, 0.1) is 0 Å². The first kappa shape index (κ1) is 35.4. The molecule has 0 aliphatic heterocycles. The van der Waals surface area contributed by atoms with Crippen LogP contribution in [0.1, 0.15) is 45.2 Å². The van der Waals surface area contributed by atoms with Gasteiger partial charge < -0.3 is 0 Å². The highest BCUT2D eigenvalue weighted by molar-refractivity contribution is 6.09. The first-order valence-corrected chi connectivity index (χ1v) is 21.4. The summed E-state index contributed by atoms with van der Waals surface area (Å²) in [6.07, 6.45) is 0. The van der Waals surface area contributed by atoms with Gasteiger partial charge in [0.1, 0.15) is 5.82 Å². The fourth-order valence-corrected chi connectivity index (χ4v) is 10.0. The highest BCUT2D eigenvalue weighted by Gasteiger charge is 2.41. The molecule has 63 heavy (non-hydrogen) atoms. The highest BCUT2D eigenvalue weighted by Crippen LogP contribution is 2.56. The van der Waals surface area contributed by atoms with Gasteiger partial charge in [-0.3, -0.25) is 4.57 Å². The van der Waals surface area contributed by atoms with Gasteiger partial charge in [0.25, 0.3) is 0 Å². The molecule has 6 heteroatoms. The lowest BCUT2D eigenvalue weighted by atomic mass is 9.60. The zero-order valence-corrected chi connectivity index (χ0v) is 34.0. The quantitative estimate of drug-likeness (QED) is 0.167. The molecule has 2 unspecified atom stereocenters. The molecule has 0 radical (unpaired) electrons. The van der Waals surface area contributed by atoms with Crippen molar-refractivity contribution < 1.29 is 0 Å². The minimum atomic E-state index is 0.0488. The average Bonchev–Trinajstić information content (AvgIpc) is 3.71. The van der Waals surface area contributed by atoms with Crippen molar-refractivity contribution in [3.8, 4) is 62.6 Å². The smallest absolute Gasteiger partial charge is 0.164 e. The summed E-state index contributed by atoms with van der Waals surface area (Å²) in [6, 6.07) is 72.7. The van der Waals surface area contributed by atoms with Crippen LogP contribution in [0.25, 0.3) is 84.4 Å². The minimum absolute atomic E-state index is 0.0488. The Balaban J connectivity index is 0.964. The second kappa shape index (κ2) is 14.1. The molecule has 3 aliphatic carbocycles. The summed E-state index contributed by atoms with van der Waals surface area (Å²) in [6.45, 7) is 0. The van der Waals surface area contributed by atoms with Crippen LogP contribution in [0.2, 0.25) is 0 Å². The van der Waals surface area contributed by atoms with Crippen LogP contribution in [-0.2, 0) is 0 Å². The lowest BCUT2D eigenvalue weighted by Crippen LogP contribution is -2.27. The van der Waals surface area contributed by atoms with E-state index in [0.29, 0.717) is 23.3 Å². The molecule has 0 spiro atoms. The minimum Gasteiger partial charge on any atom is -0.294 e. The molecule has 0 saturated heterocycles. The molecule has 0 saturated carbocycles. The Morgan fingerprint density at radius 3 is 1.21 bits per heavy atom. The van der Waals surface area contributed by atoms with E-state index in [-0.39, 0.29) is 11.8 Å². The van der Waals surface area contributed by atoms with Gasteiger partial charge in [0.2, 0.25) is 0 Å². The van der Waals surface area contributed by atoms with Gasteiger partial charge in [-0.2, -0.15) is 0 Å². The lowest BCUT2D eigenvalue weighted by Gasteiger charge is -2.42. The predicted molar refractivity (Wildman–Crippen MR) is 252 cm³/mol. The van der Waals surface area contributed by atoms with Gasteiger partial charge >= 0.3 is 0 Å². The van der Waals surface area contributed by atoms with Crippen LogP contribution in [0.3, 0.4) is 0 Å². The Bertz CT molecular complexity index is 3470. The van der Waals surface area contributed by atoms with Gasteiger partial charge in [0.15, 0.2) is 23.3 Å². The van der Waals surface area contributed by atoms with Gasteiger partial charge in [0.05, 0.1) is 16.7 Å². The summed E-state index contributed by atoms with van der Waals surface area (Å²) < 4.78 is 2.28. The Morgan fingerprint density at radius 1 is 0.286 bits per heavy atom. The SMILES string of the molecule is c1ccc(-c2nc(-c3ccc4c(c3)C3c5ccccc5C4c4cc(-c5nc(-c6ccccc6)nc(-c6ccccc6)n5)ccc43)cc(-n3c4ccccc4c4ccccc43)n2)cc1. The Kier molecular flexibility index (Phi) is 7.93. The van der Waals surface area contributed by atoms with Gasteiger partial charge in [-0.15, -0.1) is 0 Å². The molecule has 6 nitrogen and oxygen atoms in total. The number of hydrogen-bond donors (Lipinski definition) is 0. The monoisotopic (exact) mass is 804 g/mol. The normalized spacial score (nSPS) is 14.7. The number of para-hydroxylation sites is 2.